The quantitative estimate of drug-likeness (QED) is 0.803. The Balaban J connectivity index is 3.08. The van der Waals surface area contributed by atoms with Crippen LogP contribution in [-0.2, 0) is 16.9 Å². The lowest BCUT2D eigenvalue weighted by Gasteiger charge is -2.29. The molecular formula is C12H20N2O2. The van der Waals surface area contributed by atoms with Crippen LogP contribution in [0.3, 0.4) is 0 Å². The van der Waals surface area contributed by atoms with Gasteiger partial charge in [0, 0.05) is 12.8 Å². The van der Waals surface area contributed by atoms with Crippen LogP contribution >= 0.6 is 0 Å². The van der Waals surface area contributed by atoms with E-state index in [9.17, 15) is 0 Å². The topological polar surface area (TPSA) is 55.2 Å². The number of hydrogen-bond acceptors (Lipinski definition) is 4. The summed E-state index contributed by atoms with van der Waals surface area (Å²) in [4.78, 5) is 8.61. The van der Waals surface area contributed by atoms with Crippen molar-refractivity contribution in [1.29, 1.82) is 0 Å². The second-order valence-electron chi connectivity index (χ2n) is 3.66. The van der Waals surface area contributed by atoms with Crippen LogP contribution < -0.4 is 0 Å². The molecule has 4 nitrogen and oxygen atoms in total. The number of aliphatic hydroxyl groups is 1. The molecule has 4 heteroatoms. The Morgan fingerprint density at radius 2 is 2.00 bits per heavy atom. The monoisotopic (exact) mass is 224 g/mol. The van der Waals surface area contributed by atoms with Gasteiger partial charge in [0.15, 0.2) is 5.82 Å². The molecule has 90 valence electrons. The summed E-state index contributed by atoms with van der Waals surface area (Å²) in [6.07, 6.45) is 3.32. The fraction of sp³-hybridized carbons (Fsp3) is 0.667. The van der Waals surface area contributed by atoms with Crippen molar-refractivity contribution >= 4 is 0 Å². The van der Waals surface area contributed by atoms with E-state index in [1.165, 1.54) is 0 Å². The van der Waals surface area contributed by atoms with Crippen LogP contribution in [0.2, 0.25) is 0 Å². The maximum Gasteiger partial charge on any atom is 0.160 e. The third-order valence-electron chi connectivity index (χ3n) is 2.85. The van der Waals surface area contributed by atoms with Crippen LogP contribution in [0.5, 0.6) is 0 Å². The Labute approximate surface area is 96.7 Å². The van der Waals surface area contributed by atoms with Gasteiger partial charge in [0.2, 0.25) is 0 Å². The molecule has 0 atom stereocenters. The second-order valence-corrected chi connectivity index (χ2v) is 3.66. The molecular weight excluding hydrogens is 204 g/mol. The molecule has 0 fully saturated rings. The van der Waals surface area contributed by atoms with Gasteiger partial charge in [0.25, 0.3) is 0 Å². The standard InChI is InChI=1S/C12H20N2O2/c1-4-12(5-2,16-6-3)11-13-8-7-10(9-15)14-11/h7-8,15H,4-6,9H2,1-3H3. The third kappa shape index (κ3) is 2.57. The molecule has 0 aromatic carbocycles. The highest BCUT2D eigenvalue weighted by molar-refractivity contribution is 5.08. The van der Waals surface area contributed by atoms with Gasteiger partial charge in [-0.05, 0) is 25.8 Å². The van der Waals surface area contributed by atoms with E-state index in [4.69, 9.17) is 9.84 Å². The van der Waals surface area contributed by atoms with Crippen LogP contribution in [0.25, 0.3) is 0 Å². The van der Waals surface area contributed by atoms with Crippen LogP contribution in [-0.4, -0.2) is 21.7 Å². The summed E-state index contributed by atoms with van der Waals surface area (Å²) in [5.41, 5.74) is 0.218. The fourth-order valence-corrected chi connectivity index (χ4v) is 1.81. The molecule has 0 aliphatic carbocycles. The molecule has 1 rings (SSSR count). The summed E-state index contributed by atoms with van der Waals surface area (Å²) in [5, 5.41) is 9.07. The van der Waals surface area contributed by atoms with Crippen LogP contribution in [0.15, 0.2) is 12.3 Å². The van der Waals surface area contributed by atoms with Gasteiger partial charge in [0.05, 0.1) is 12.3 Å². The largest absolute Gasteiger partial charge is 0.390 e. The van der Waals surface area contributed by atoms with Gasteiger partial charge < -0.3 is 9.84 Å². The van der Waals surface area contributed by atoms with Gasteiger partial charge in [-0.25, -0.2) is 9.97 Å². The SMILES string of the molecule is CCOC(CC)(CC)c1nccc(CO)n1. The van der Waals surface area contributed by atoms with E-state index in [1.807, 2.05) is 6.92 Å². The minimum Gasteiger partial charge on any atom is -0.390 e. The average molecular weight is 224 g/mol. The van der Waals surface area contributed by atoms with E-state index in [0.717, 1.165) is 12.8 Å². The Bertz CT molecular complexity index is 325. The lowest BCUT2D eigenvalue weighted by molar-refractivity contribution is -0.0574. The molecule has 0 saturated heterocycles. The van der Waals surface area contributed by atoms with Crippen molar-refractivity contribution < 1.29 is 9.84 Å². The molecule has 0 aliphatic rings. The van der Waals surface area contributed by atoms with Gasteiger partial charge in [-0.2, -0.15) is 0 Å². The number of hydrogen-bond donors (Lipinski definition) is 1. The molecule has 0 aliphatic heterocycles. The highest BCUT2D eigenvalue weighted by atomic mass is 16.5. The first kappa shape index (κ1) is 13.1. The first-order chi connectivity index (χ1) is 7.72. The number of ether oxygens (including phenoxy) is 1. The summed E-state index contributed by atoms with van der Waals surface area (Å²) in [6.45, 7) is 6.66. The van der Waals surface area contributed by atoms with E-state index in [-0.39, 0.29) is 6.61 Å². The van der Waals surface area contributed by atoms with Crippen molar-refractivity contribution in [3.63, 3.8) is 0 Å². The normalized spacial score (nSPS) is 11.8. The highest BCUT2D eigenvalue weighted by Crippen LogP contribution is 2.30. The minimum absolute atomic E-state index is 0.0643. The zero-order chi connectivity index (χ0) is 12.0. The minimum atomic E-state index is -0.417. The lowest BCUT2D eigenvalue weighted by Crippen LogP contribution is -2.31. The van der Waals surface area contributed by atoms with Crippen LogP contribution in [0.4, 0.5) is 0 Å². The van der Waals surface area contributed by atoms with Crippen molar-refractivity contribution in [2.24, 2.45) is 0 Å². The smallest absolute Gasteiger partial charge is 0.160 e. The summed E-state index contributed by atoms with van der Waals surface area (Å²) in [7, 11) is 0. The van der Waals surface area contributed by atoms with E-state index in [1.54, 1.807) is 12.3 Å². The summed E-state index contributed by atoms with van der Waals surface area (Å²) >= 11 is 0. The molecule has 0 spiro atoms. The predicted octanol–water partition coefficient (Wildman–Crippen LogP) is 2.02. The highest BCUT2D eigenvalue weighted by Gasteiger charge is 2.32. The van der Waals surface area contributed by atoms with Crippen LogP contribution in [0, 0.1) is 0 Å². The number of aromatic nitrogens is 2. The number of nitrogens with zero attached hydrogens (tertiary/aromatic N) is 2. The summed E-state index contributed by atoms with van der Waals surface area (Å²) in [5.74, 6) is 0.672. The zero-order valence-electron chi connectivity index (χ0n) is 10.2. The number of aliphatic hydroxyl groups excluding tert-OH is 1. The van der Waals surface area contributed by atoms with Gasteiger partial charge in [0.1, 0.15) is 5.60 Å². The van der Waals surface area contributed by atoms with Crippen molar-refractivity contribution in [3.8, 4) is 0 Å². The maximum absolute atomic E-state index is 9.07. The molecule has 0 unspecified atom stereocenters. The van der Waals surface area contributed by atoms with Gasteiger partial charge >= 0.3 is 0 Å². The Morgan fingerprint density at radius 3 is 2.50 bits per heavy atom. The Kier molecular flexibility index (Phi) is 4.83. The molecule has 1 aromatic rings. The van der Waals surface area contributed by atoms with Gasteiger partial charge in [-0.1, -0.05) is 13.8 Å². The van der Waals surface area contributed by atoms with Crippen molar-refractivity contribution in [1.82, 2.24) is 9.97 Å². The molecule has 0 saturated carbocycles. The lowest BCUT2D eigenvalue weighted by atomic mass is 9.96. The maximum atomic E-state index is 9.07. The van der Waals surface area contributed by atoms with E-state index >= 15 is 0 Å². The van der Waals surface area contributed by atoms with Gasteiger partial charge in [-0.3, -0.25) is 0 Å². The molecule has 1 heterocycles. The van der Waals surface area contributed by atoms with Crippen molar-refractivity contribution in [2.45, 2.75) is 45.8 Å². The molecule has 1 aromatic heterocycles. The average Bonchev–Trinajstić information content (AvgIpc) is 2.36. The first-order valence-electron chi connectivity index (χ1n) is 5.79. The summed E-state index contributed by atoms with van der Waals surface area (Å²) < 4.78 is 5.81. The van der Waals surface area contributed by atoms with Crippen molar-refractivity contribution in [2.75, 3.05) is 6.61 Å². The fourth-order valence-electron chi connectivity index (χ4n) is 1.81. The van der Waals surface area contributed by atoms with Gasteiger partial charge in [-0.15, -0.1) is 0 Å². The third-order valence-corrected chi connectivity index (χ3v) is 2.85. The second kappa shape index (κ2) is 5.92. The van der Waals surface area contributed by atoms with E-state index in [0.29, 0.717) is 18.1 Å². The van der Waals surface area contributed by atoms with E-state index < -0.39 is 5.60 Å². The van der Waals surface area contributed by atoms with Crippen LogP contribution in [0.1, 0.15) is 45.1 Å². The number of rotatable bonds is 6. The first-order valence-corrected chi connectivity index (χ1v) is 5.79. The Morgan fingerprint density at radius 1 is 1.31 bits per heavy atom. The summed E-state index contributed by atoms with van der Waals surface area (Å²) in [6, 6.07) is 1.71. The molecule has 1 N–H and O–H groups in total. The van der Waals surface area contributed by atoms with E-state index in [2.05, 4.69) is 23.8 Å². The predicted molar refractivity (Wildman–Crippen MR) is 61.8 cm³/mol. The molecule has 0 bridgehead atoms. The van der Waals surface area contributed by atoms with Crippen molar-refractivity contribution in [3.05, 3.63) is 23.8 Å². The molecule has 0 radical (unpaired) electrons. The molecule has 16 heavy (non-hydrogen) atoms. The zero-order valence-corrected chi connectivity index (χ0v) is 10.2. The Hall–Kier alpha value is -1.00. The molecule has 0 amide bonds.